The van der Waals surface area contributed by atoms with Gasteiger partial charge in [0.15, 0.2) is 9.84 Å². The minimum atomic E-state index is -3.08. The van der Waals surface area contributed by atoms with Gasteiger partial charge in [0.2, 0.25) is 11.8 Å². The van der Waals surface area contributed by atoms with Crippen molar-refractivity contribution >= 4 is 27.3 Å². The van der Waals surface area contributed by atoms with Crippen molar-refractivity contribution < 1.29 is 18.0 Å². The molecule has 0 bridgehead atoms. The largest absolute Gasteiger partial charge is 0.342 e. The number of nitrogens with zero attached hydrogens (tertiary/aromatic N) is 1. The van der Waals surface area contributed by atoms with Gasteiger partial charge < -0.3 is 10.2 Å². The van der Waals surface area contributed by atoms with Crippen LogP contribution in [0.5, 0.6) is 0 Å². The van der Waals surface area contributed by atoms with Crippen LogP contribution >= 0.6 is 0 Å². The molecule has 3 rings (SSSR count). The van der Waals surface area contributed by atoms with Crippen LogP contribution in [0.25, 0.3) is 0 Å². The zero-order chi connectivity index (χ0) is 17.2. The van der Waals surface area contributed by atoms with Gasteiger partial charge in [-0.15, -0.1) is 0 Å². The van der Waals surface area contributed by atoms with E-state index < -0.39 is 15.8 Å². The molecule has 0 radical (unpaired) electrons. The molecule has 0 aromatic heterocycles. The average Bonchev–Trinajstić information content (AvgIpc) is 2.95. The van der Waals surface area contributed by atoms with Crippen LogP contribution in [0.1, 0.15) is 19.3 Å². The fourth-order valence-corrected chi connectivity index (χ4v) is 5.14. The second-order valence-electron chi connectivity index (χ2n) is 6.58. The summed E-state index contributed by atoms with van der Waals surface area (Å²) in [6.07, 6.45) is 1.90. The highest BCUT2D eigenvalue weighted by molar-refractivity contribution is 7.91. The minimum Gasteiger partial charge on any atom is -0.342 e. The van der Waals surface area contributed by atoms with E-state index in [1.165, 1.54) is 0 Å². The quantitative estimate of drug-likeness (QED) is 0.891. The molecule has 2 heterocycles. The Morgan fingerprint density at radius 1 is 1.08 bits per heavy atom. The Balaban J connectivity index is 1.60. The van der Waals surface area contributed by atoms with E-state index >= 15 is 0 Å². The van der Waals surface area contributed by atoms with Crippen LogP contribution < -0.4 is 5.32 Å². The van der Waals surface area contributed by atoms with E-state index in [1.807, 2.05) is 30.3 Å². The number of hydrogen-bond acceptors (Lipinski definition) is 4. The number of carbonyl (C=O) groups excluding carboxylic acids is 2. The summed E-state index contributed by atoms with van der Waals surface area (Å²) in [7, 11) is -3.08. The number of nitrogens with one attached hydrogen (secondary N) is 1. The van der Waals surface area contributed by atoms with Crippen molar-refractivity contribution in [3.8, 4) is 0 Å². The number of piperidine rings is 1. The summed E-state index contributed by atoms with van der Waals surface area (Å²) in [6.45, 7) is 0.971. The summed E-state index contributed by atoms with van der Waals surface area (Å²) >= 11 is 0. The predicted molar refractivity (Wildman–Crippen MR) is 91.1 cm³/mol. The molecule has 2 fully saturated rings. The monoisotopic (exact) mass is 350 g/mol. The number of anilines is 1. The number of rotatable bonds is 3. The number of hydrogen-bond donors (Lipinski definition) is 1. The Morgan fingerprint density at radius 3 is 2.50 bits per heavy atom. The number of amides is 2. The summed E-state index contributed by atoms with van der Waals surface area (Å²) in [4.78, 5) is 26.6. The van der Waals surface area contributed by atoms with Gasteiger partial charge in [-0.25, -0.2) is 8.42 Å². The molecular formula is C17H22N2O4S. The number of para-hydroxylation sites is 1. The smallest absolute Gasteiger partial charge is 0.229 e. The molecule has 1 aromatic carbocycles. The first-order valence-electron chi connectivity index (χ1n) is 8.30. The summed E-state index contributed by atoms with van der Waals surface area (Å²) < 4.78 is 23.1. The number of benzene rings is 1. The Hall–Kier alpha value is -1.89. The van der Waals surface area contributed by atoms with Crippen LogP contribution in [0, 0.1) is 11.8 Å². The third-order valence-corrected chi connectivity index (χ3v) is 6.49. The summed E-state index contributed by atoms with van der Waals surface area (Å²) in [6, 6.07) is 9.24. The first kappa shape index (κ1) is 17.0. The molecule has 24 heavy (non-hydrogen) atoms. The van der Waals surface area contributed by atoms with Gasteiger partial charge in [-0.1, -0.05) is 18.2 Å². The first-order chi connectivity index (χ1) is 11.4. The van der Waals surface area contributed by atoms with Crippen LogP contribution in [-0.2, 0) is 19.4 Å². The van der Waals surface area contributed by atoms with Crippen LogP contribution in [0.3, 0.4) is 0 Å². The van der Waals surface area contributed by atoms with E-state index in [0.29, 0.717) is 19.5 Å². The number of likely N-dealkylation sites (tertiary alicyclic amines) is 1. The SMILES string of the molecule is O=C(Nc1ccccc1)[C@@H]1CCCN(C(=O)[C@H]2CCS(=O)(=O)C2)C1. The molecule has 130 valence electrons. The molecule has 2 amide bonds. The van der Waals surface area contributed by atoms with Gasteiger partial charge in [0, 0.05) is 18.8 Å². The lowest BCUT2D eigenvalue weighted by atomic mass is 9.95. The van der Waals surface area contributed by atoms with Gasteiger partial charge in [-0.05, 0) is 31.4 Å². The average molecular weight is 350 g/mol. The Labute approximate surface area is 142 Å². The molecule has 1 aromatic rings. The lowest BCUT2D eigenvalue weighted by Crippen LogP contribution is -2.46. The van der Waals surface area contributed by atoms with Crippen molar-refractivity contribution in [2.75, 3.05) is 29.9 Å². The highest BCUT2D eigenvalue weighted by Crippen LogP contribution is 2.25. The fourth-order valence-electron chi connectivity index (χ4n) is 3.41. The van der Waals surface area contributed by atoms with Crippen molar-refractivity contribution in [1.29, 1.82) is 0 Å². The second-order valence-corrected chi connectivity index (χ2v) is 8.81. The molecule has 0 saturated carbocycles. The molecule has 2 aliphatic rings. The van der Waals surface area contributed by atoms with E-state index in [-0.39, 0.29) is 29.2 Å². The van der Waals surface area contributed by atoms with E-state index in [4.69, 9.17) is 0 Å². The molecule has 0 aliphatic carbocycles. The summed E-state index contributed by atoms with van der Waals surface area (Å²) in [5, 5.41) is 2.88. The maximum absolute atomic E-state index is 12.5. The predicted octanol–water partition coefficient (Wildman–Crippen LogP) is 1.30. The van der Waals surface area contributed by atoms with Crippen molar-refractivity contribution in [2.45, 2.75) is 19.3 Å². The standard InChI is InChI=1S/C17H22N2O4S/c20-16(18-15-6-2-1-3-7-15)13-5-4-9-19(11-13)17(21)14-8-10-24(22,23)12-14/h1-3,6-7,13-14H,4-5,8-12H2,(H,18,20)/t13-,14+/m1/s1. The van der Waals surface area contributed by atoms with Crippen LogP contribution in [-0.4, -0.2) is 49.7 Å². The molecule has 0 spiro atoms. The van der Waals surface area contributed by atoms with Crippen molar-refractivity contribution in [1.82, 2.24) is 4.90 Å². The van der Waals surface area contributed by atoms with Gasteiger partial charge in [-0.2, -0.15) is 0 Å². The molecule has 7 heteroatoms. The lowest BCUT2D eigenvalue weighted by molar-refractivity contribution is -0.137. The Morgan fingerprint density at radius 2 is 1.83 bits per heavy atom. The van der Waals surface area contributed by atoms with Crippen molar-refractivity contribution in [2.24, 2.45) is 11.8 Å². The maximum atomic E-state index is 12.5. The van der Waals surface area contributed by atoms with Crippen molar-refractivity contribution in [3.05, 3.63) is 30.3 Å². The van der Waals surface area contributed by atoms with Gasteiger partial charge in [0.05, 0.1) is 23.3 Å². The lowest BCUT2D eigenvalue weighted by Gasteiger charge is -2.33. The zero-order valence-corrected chi connectivity index (χ0v) is 14.3. The molecule has 0 unspecified atom stereocenters. The van der Waals surface area contributed by atoms with Crippen molar-refractivity contribution in [3.63, 3.8) is 0 Å². The normalized spacial score (nSPS) is 26.1. The highest BCUT2D eigenvalue weighted by Gasteiger charge is 2.37. The number of sulfone groups is 1. The van der Waals surface area contributed by atoms with E-state index in [9.17, 15) is 18.0 Å². The summed E-state index contributed by atoms with van der Waals surface area (Å²) in [5.74, 6) is -0.851. The molecule has 1 N–H and O–H groups in total. The highest BCUT2D eigenvalue weighted by atomic mass is 32.2. The zero-order valence-electron chi connectivity index (χ0n) is 13.5. The molecule has 6 nitrogen and oxygen atoms in total. The van der Waals surface area contributed by atoms with Crippen LogP contribution in [0.4, 0.5) is 5.69 Å². The van der Waals surface area contributed by atoms with Gasteiger partial charge in [0.1, 0.15) is 0 Å². The van der Waals surface area contributed by atoms with E-state index in [1.54, 1.807) is 4.90 Å². The third kappa shape index (κ3) is 3.95. The fraction of sp³-hybridized carbons (Fsp3) is 0.529. The summed E-state index contributed by atoms with van der Waals surface area (Å²) in [5.41, 5.74) is 0.743. The maximum Gasteiger partial charge on any atom is 0.229 e. The second kappa shape index (κ2) is 6.93. The third-order valence-electron chi connectivity index (χ3n) is 4.73. The molecule has 2 aliphatic heterocycles. The van der Waals surface area contributed by atoms with E-state index in [2.05, 4.69) is 5.32 Å². The number of carbonyl (C=O) groups is 2. The van der Waals surface area contributed by atoms with Crippen LogP contribution in [0.2, 0.25) is 0 Å². The topological polar surface area (TPSA) is 83.6 Å². The molecule has 2 saturated heterocycles. The Kier molecular flexibility index (Phi) is 4.89. The Bertz CT molecular complexity index is 717. The van der Waals surface area contributed by atoms with Gasteiger partial charge >= 0.3 is 0 Å². The first-order valence-corrected chi connectivity index (χ1v) is 10.1. The molecule has 2 atom stereocenters. The van der Waals surface area contributed by atoms with Crippen LogP contribution in [0.15, 0.2) is 30.3 Å². The van der Waals surface area contributed by atoms with Gasteiger partial charge in [0.25, 0.3) is 0 Å². The minimum absolute atomic E-state index is 0.0524. The van der Waals surface area contributed by atoms with E-state index in [0.717, 1.165) is 18.5 Å². The van der Waals surface area contributed by atoms with Gasteiger partial charge in [-0.3, -0.25) is 9.59 Å². The molecular weight excluding hydrogens is 328 g/mol.